The average molecular weight is 294 g/mol. The van der Waals surface area contributed by atoms with E-state index in [-0.39, 0.29) is 11.4 Å². The highest BCUT2D eigenvalue weighted by atomic mass is 32.2. The molecule has 7 heteroatoms. The Morgan fingerprint density at radius 3 is 2.37 bits per heavy atom. The zero-order valence-electron chi connectivity index (χ0n) is 10.6. The number of aliphatic hydroxyl groups is 5. The van der Waals surface area contributed by atoms with Crippen molar-refractivity contribution in [3.63, 3.8) is 0 Å². The van der Waals surface area contributed by atoms with Crippen molar-refractivity contribution in [1.29, 1.82) is 0 Å². The lowest BCUT2D eigenvalue weighted by Crippen LogP contribution is -2.57. The van der Waals surface area contributed by atoms with Gasteiger partial charge in [-0.1, -0.05) is 0 Å². The van der Waals surface area contributed by atoms with Crippen molar-refractivity contribution in [2.45, 2.75) is 66.9 Å². The van der Waals surface area contributed by atoms with Gasteiger partial charge in [-0.05, 0) is 25.7 Å². The summed E-state index contributed by atoms with van der Waals surface area (Å²) in [5.41, 5.74) is -0.689. The van der Waals surface area contributed by atoms with Crippen LogP contribution in [0.1, 0.15) is 25.7 Å². The van der Waals surface area contributed by atoms with Crippen LogP contribution in [0.4, 0.5) is 0 Å². The molecular weight excluding hydrogens is 272 g/mol. The van der Waals surface area contributed by atoms with E-state index in [1.165, 1.54) is 11.8 Å². The summed E-state index contributed by atoms with van der Waals surface area (Å²) in [7, 11) is 0. The standard InChI is InChI=1S/C12H22O6S/c13-5-8-9(15)10(16)11(17)12(18-8)19-7-3-1-2-6(14)4-7/h6-17H,1-5H2/t6?,7?,8?,9-,10?,11?,12-/m0/s1. The largest absolute Gasteiger partial charge is 0.394 e. The van der Waals surface area contributed by atoms with Crippen LogP contribution < -0.4 is 0 Å². The summed E-state index contributed by atoms with van der Waals surface area (Å²) in [6, 6.07) is 0. The Labute approximate surface area is 116 Å². The van der Waals surface area contributed by atoms with Crippen LogP contribution >= 0.6 is 11.8 Å². The molecule has 7 atom stereocenters. The molecule has 0 radical (unpaired) electrons. The van der Waals surface area contributed by atoms with Gasteiger partial charge in [0.25, 0.3) is 0 Å². The highest BCUT2D eigenvalue weighted by molar-refractivity contribution is 8.00. The fraction of sp³-hybridized carbons (Fsp3) is 1.00. The van der Waals surface area contributed by atoms with Crippen LogP contribution in [0, 0.1) is 0 Å². The molecule has 6 nitrogen and oxygen atoms in total. The predicted molar refractivity (Wildman–Crippen MR) is 69.6 cm³/mol. The molecule has 5 N–H and O–H groups in total. The molecule has 0 aromatic carbocycles. The Balaban J connectivity index is 1.94. The Hall–Kier alpha value is 0.110. The van der Waals surface area contributed by atoms with Crippen molar-refractivity contribution in [1.82, 2.24) is 0 Å². The normalized spacial score (nSPS) is 48.2. The maximum absolute atomic E-state index is 9.92. The molecule has 1 saturated heterocycles. The second-order valence-electron chi connectivity index (χ2n) is 5.28. The van der Waals surface area contributed by atoms with Crippen LogP contribution in [0.3, 0.4) is 0 Å². The first kappa shape index (κ1) is 15.5. The minimum atomic E-state index is -1.32. The van der Waals surface area contributed by atoms with Crippen LogP contribution in [-0.2, 0) is 4.74 Å². The maximum atomic E-state index is 9.92. The van der Waals surface area contributed by atoms with Gasteiger partial charge in [0.2, 0.25) is 0 Å². The summed E-state index contributed by atoms with van der Waals surface area (Å²) in [6.45, 7) is -0.407. The summed E-state index contributed by atoms with van der Waals surface area (Å²) >= 11 is 1.36. The predicted octanol–water partition coefficient (Wildman–Crippen LogP) is -1.18. The lowest BCUT2D eigenvalue weighted by molar-refractivity contribution is -0.205. The molecule has 1 aliphatic heterocycles. The third-order valence-electron chi connectivity index (χ3n) is 3.77. The third-order valence-corrected chi connectivity index (χ3v) is 5.24. The fourth-order valence-electron chi connectivity index (χ4n) is 2.61. The molecule has 0 spiro atoms. The lowest BCUT2D eigenvalue weighted by atomic mass is 9.97. The van der Waals surface area contributed by atoms with Gasteiger partial charge in [0.1, 0.15) is 29.9 Å². The van der Waals surface area contributed by atoms with Crippen LogP contribution in [0.2, 0.25) is 0 Å². The quantitative estimate of drug-likeness (QED) is 0.446. The maximum Gasteiger partial charge on any atom is 0.132 e. The summed E-state index contributed by atoms with van der Waals surface area (Å²) in [6.07, 6.45) is -1.72. The first-order valence-corrected chi connectivity index (χ1v) is 7.61. The number of hydrogen-bond donors (Lipinski definition) is 5. The molecule has 0 aromatic heterocycles. The van der Waals surface area contributed by atoms with E-state index in [4.69, 9.17) is 9.84 Å². The van der Waals surface area contributed by atoms with Crippen LogP contribution in [-0.4, -0.2) is 73.3 Å². The summed E-state index contributed by atoms with van der Waals surface area (Å²) < 4.78 is 5.44. The number of ether oxygens (including phenoxy) is 1. The zero-order chi connectivity index (χ0) is 14.0. The van der Waals surface area contributed by atoms with E-state index in [2.05, 4.69) is 0 Å². The lowest BCUT2D eigenvalue weighted by Gasteiger charge is -2.41. The fourth-order valence-corrected chi connectivity index (χ4v) is 4.16. The molecule has 19 heavy (non-hydrogen) atoms. The molecule has 2 rings (SSSR count). The second kappa shape index (κ2) is 6.71. The molecular formula is C12H22O6S. The number of aliphatic hydroxyl groups excluding tert-OH is 5. The Morgan fingerprint density at radius 2 is 1.74 bits per heavy atom. The van der Waals surface area contributed by atoms with Gasteiger partial charge in [-0.15, -0.1) is 11.8 Å². The molecule has 2 fully saturated rings. The van der Waals surface area contributed by atoms with Gasteiger partial charge in [-0.3, -0.25) is 0 Å². The van der Waals surface area contributed by atoms with E-state index in [9.17, 15) is 20.4 Å². The second-order valence-corrected chi connectivity index (χ2v) is 6.68. The van der Waals surface area contributed by atoms with Crippen LogP contribution in [0.5, 0.6) is 0 Å². The first-order valence-electron chi connectivity index (χ1n) is 6.67. The molecule has 1 saturated carbocycles. The molecule has 0 bridgehead atoms. The van der Waals surface area contributed by atoms with Crippen molar-refractivity contribution < 1.29 is 30.3 Å². The van der Waals surface area contributed by atoms with Gasteiger partial charge < -0.3 is 30.3 Å². The minimum absolute atomic E-state index is 0.158. The topological polar surface area (TPSA) is 110 Å². The van der Waals surface area contributed by atoms with E-state index in [1.54, 1.807) is 0 Å². The van der Waals surface area contributed by atoms with Crippen LogP contribution in [0.15, 0.2) is 0 Å². The molecule has 1 heterocycles. The molecule has 1 aliphatic carbocycles. The van der Waals surface area contributed by atoms with E-state index in [0.717, 1.165) is 19.3 Å². The Kier molecular flexibility index (Phi) is 5.47. The van der Waals surface area contributed by atoms with Crippen molar-refractivity contribution in [2.75, 3.05) is 6.61 Å². The number of thioether (sulfide) groups is 1. The minimum Gasteiger partial charge on any atom is -0.394 e. The van der Waals surface area contributed by atoms with E-state index in [1.807, 2.05) is 0 Å². The highest BCUT2D eigenvalue weighted by Crippen LogP contribution is 2.36. The summed E-state index contributed by atoms with van der Waals surface area (Å²) in [5.74, 6) is 0. The zero-order valence-corrected chi connectivity index (χ0v) is 11.4. The Morgan fingerprint density at radius 1 is 1.00 bits per heavy atom. The Bertz CT molecular complexity index is 289. The summed E-state index contributed by atoms with van der Waals surface area (Å²) in [5, 5.41) is 48.2. The van der Waals surface area contributed by atoms with Crippen molar-refractivity contribution in [3.8, 4) is 0 Å². The van der Waals surface area contributed by atoms with Crippen molar-refractivity contribution in [2.24, 2.45) is 0 Å². The van der Waals surface area contributed by atoms with E-state index in [0.29, 0.717) is 6.42 Å². The highest BCUT2D eigenvalue weighted by Gasteiger charge is 2.44. The molecule has 5 unspecified atom stereocenters. The van der Waals surface area contributed by atoms with Gasteiger partial charge in [-0.2, -0.15) is 0 Å². The summed E-state index contributed by atoms with van der Waals surface area (Å²) in [4.78, 5) is 0. The third kappa shape index (κ3) is 3.60. The van der Waals surface area contributed by atoms with Crippen molar-refractivity contribution >= 4 is 11.8 Å². The molecule has 0 amide bonds. The van der Waals surface area contributed by atoms with E-state index < -0.39 is 36.5 Å². The smallest absolute Gasteiger partial charge is 0.132 e. The number of rotatable bonds is 3. The number of hydrogen-bond acceptors (Lipinski definition) is 7. The molecule has 112 valence electrons. The van der Waals surface area contributed by atoms with Gasteiger partial charge in [0.05, 0.1) is 12.7 Å². The monoisotopic (exact) mass is 294 g/mol. The molecule has 0 aromatic rings. The van der Waals surface area contributed by atoms with Crippen molar-refractivity contribution in [3.05, 3.63) is 0 Å². The van der Waals surface area contributed by atoms with Gasteiger partial charge in [-0.25, -0.2) is 0 Å². The van der Waals surface area contributed by atoms with Crippen LogP contribution in [0.25, 0.3) is 0 Å². The van der Waals surface area contributed by atoms with E-state index >= 15 is 0 Å². The van der Waals surface area contributed by atoms with Gasteiger partial charge >= 0.3 is 0 Å². The SMILES string of the molecule is OCC1O[C@@H](SC2CCCC(O)C2)C(O)C(O)[C@H]1O. The van der Waals surface area contributed by atoms with Gasteiger partial charge in [0.15, 0.2) is 0 Å². The average Bonchev–Trinajstić information content (AvgIpc) is 2.39. The first-order chi connectivity index (χ1) is 9.02. The molecule has 2 aliphatic rings. The van der Waals surface area contributed by atoms with Gasteiger partial charge in [0, 0.05) is 5.25 Å².